The molecule has 26 heavy (non-hydrogen) atoms. The van der Waals surface area contributed by atoms with Gasteiger partial charge in [0, 0.05) is 4.88 Å². The number of aryl methyl sites for hydroxylation is 2. The van der Waals surface area contributed by atoms with Crippen LogP contribution in [0.25, 0.3) is 0 Å². The van der Waals surface area contributed by atoms with Crippen molar-refractivity contribution in [3.8, 4) is 0 Å². The standard InChI is InChI=1S/C19H22N2O3S2/c22-18(15-10-11-26(23,24)13-15)21(12-14-6-2-1-3-7-14)19-20-16-8-4-5-9-17(16)25-19/h1-3,6-7,15H,4-5,8-13H2/t15-/m1/s1. The van der Waals surface area contributed by atoms with E-state index in [9.17, 15) is 13.2 Å². The molecule has 7 heteroatoms. The molecule has 0 bridgehead atoms. The number of thiazole rings is 1. The summed E-state index contributed by atoms with van der Waals surface area (Å²) in [5, 5.41) is 0.718. The minimum absolute atomic E-state index is 0.0395. The Kier molecular flexibility index (Phi) is 4.84. The molecule has 0 radical (unpaired) electrons. The number of hydrogen-bond donors (Lipinski definition) is 0. The molecule has 4 rings (SSSR count). The minimum atomic E-state index is -3.10. The lowest BCUT2D eigenvalue weighted by Gasteiger charge is -2.23. The zero-order valence-electron chi connectivity index (χ0n) is 14.6. The number of amides is 1. The summed E-state index contributed by atoms with van der Waals surface area (Å²) in [6.45, 7) is 0.433. The van der Waals surface area contributed by atoms with Crippen molar-refractivity contribution in [2.75, 3.05) is 16.4 Å². The highest BCUT2D eigenvalue weighted by Crippen LogP contribution is 2.34. The van der Waals surface area contributed by atoms with Gasteiger partial charge in [0.15, 0.2) is 15.0 Å². The summed E-state index contributed by atoms with van der Waals surface area (Å²) >= 11 is 1.59. The molecule has 1 aromatic carbocycles. The van der Waals surface area contributed by atoms with E-state index in [1.165, 1.54) is 11.3 Å². The Bertz CT molecular complexity index is 883. The van der Waals surface area contributed by atoms with Crippen LogP contribution in [0.15, 0.2) is 30.3 Å². The number of carbonyl (C=O) groups excluding carboxylic acids is 1. The topological polar surface area (TPSA) is 67.3 Å². The van der Waals surface area contributed by atoms with E-state index in [1.54, 1.807) is 16.2 Å². The summed E-state index contributed by atoms with van der Waals surface area (Å²) in [7, 11) is -3.10. The van der Waals surface area contributed by atoms with Crippen LogP contribution in [0, 0.1) is 5.92 Å². The Morgan fingerprint density at radius 3 is 2.65 bits per heavy atom. The number of nitrogens with zero attached hydrogens (tertiary/aromatic N) is 2. The van der Waals surface area contributed by atoms with Gasteiger partial charge in [-0.1, -0.05) is 30.3 Å². The first-order chi connectivity index (χ1) is 12.5. The minimum Gasteiger partial charge on any atom is -0.283 e. The van der Waals surface area contributed by atoms with Crippen LogP contribution in [-0.4, -0.2) is 30.8 Å². The molecular weight excluding hydrogens is 368 g/mol. The van der Waals surface area contributed by atoms with E-state index in [0.717, 1.165) is 35.7 Å². The molecule has 0 spiro atoms. The van der Waals surface area contributed by atoms with Gasteiger partial charge in [-0.15, -0.1) is 11.3 Å². The second-order valence-electron chi connectivity index (χ2n) is 7.08. The molecule has 1 fully saturated rings. The van der Waals surface area contributed by atoms with Crippen molar-refractivity contribution in [3.05, 3.63) is 46.5 Å². The number of rotatable bonds is 4. The first-order valence-corrected chi connectivity index (χ1v) is 11.7. The molecule has 0 unspecified atom stereocenters. The lowest BCUT2D eigenvalue weighted by Crippen LogP contribution is -2.36. The van der Waals surface area contributed by atoms with Crippen molar-refractivity contribution in [2.24, 2.45) is 5.92 Å². The number of aromatic nitrogens is 1. The van der Waals surface area contributed by atoms with Gasteiger partial charge in [-0.05, 0) is 37.7 Å². The van der Waals surface area contributed by atoms with Crippen LogP contribution in [-0.2, 0) is 34.0 Å². The van der Waals surface area contributed by atoms with Gasteiger partial charge in [0.05, 0.1) is 29.7 Å². The first-order valence-electron chi connectivity index (χ1n) is 9.06. The Balaban J connectivity index is 1.65. The third kappa shape index (κ3) is 3.69. The Morgan fingerprint density at radius 2 is 1.96 bits per heavy atom. The van der Waals surface area contributed by atoms with E-state index in [4.69, 9.17) is 4.98 Å². The van der Waals surface area contributed by atoms with Crippen LogP contribution >= 0.6 is 11.3 Å². The van der Waals surface area contributed by atoms with Gasteiger partial charge < -0.3 is 0 Å². The molecule has 0 saturated carbocycles. The maximum Gasteiger partial charge on any atom is 0.233 e. The lowest BCUT2D eigenvalue weighted by atomic mass is 10.0. The number of sulfone groups is 1. The summed E-state index contributed by atoms with van der Waals surface area (Å²) in [5.74, 6) is -0.496. The molecule has 138 valence electrons. The fourth-order valence-electron chi connectivity index (χ4n) is 3.67. The van der Waals surface area contributed by atoms with Gasteiger partial charge in [0.25, 0.3) is 0 Å². The van der Waals surface area contributed by atoms with Crippen molar-refractivity contribution in [2.45, 2.75) is 38.6 Å². The van der Waals surface area contributed by atoms with E-state index in [-0.39, 0.29) is 17.4 Å². The quantitative estimate of drug-likeness (QED) is 0.805. The normalized spacial score (nSPS) is 21.3. The molecule has 1 aliphatic carbocycles. The number of fused-ring (bicyclic) bond motifs is 1. The van der Waals surface area contributed by atoms with E-state index >= 15 is 0 Å². The average Bonchev–Trinajstić information content (AvgIpc) is 3.22. The first kappa shape index (κ1) is 17.7. The van der Waals surface area contributed by atoms with E-state index in [0.29, 0.717) is 13.0 Å². The van der Waals surface area contributed by atoms with Crippen LogP contribution in [0.2, 0.25) is 0 Å². The monoisotopic (exact) mass is 390 g/mol. The Hall–Kier alpha value is -1.73. The second kappa shape index (κ2) is 7.12. The van der Waals surface area contributed by atoms with Gasteiger partial charge in [-0.25, -0.2) is 13.4 Å². The number of benzene rings is 1. The Morgan fingerprint density at radius 1 is 1.19 bits per heavy atom. The molecule has 2 aromatic rings. The maximum absolute atomic E-state index is 13.2. The van der Waals surface area contributed by atoms with Crippen molar-refractivity contribution >= 4 is 32.2 Å². The number of hydrogen-bond acceptors (Lipinski definition) is 5. The molecule has 1 amide bonds. The number of carbonyl (C=O) groups is 1. The number of anilines is 1. The third-order valence-corrected chi connectivity index (χ3v) is 8.04. The summed E-state index contributed by atoms with van der Waals surface area (Å²) in [5.41, 5.74) is 2.14. The lowest BCUT2D eigenvalue weighted by molar-refractivity contribution is -0.121. The van der Waals surface area contributed by atoms with Crippen LogP contribution in [0.5, 0.6) is 0 Å². The molecule has 1 aromatic heterocycles. The predicted molar refractivity (Wildman–Crippen MR) is 103 cm³/mol. The van der Waals surface area contributed by atoms with Crippen LogP contribution in [0.4, 0.5) is 5.13 Å². The van der Waals surface area contributed by atoms with Gasteiger partial charge in [-0.2, -0.15) is 0 Å². The molecule has 1 atom stereocenters. The SMILES string of the molecule is O=C([C@@H]1CCS(=O)(=O)C1)N(Cc1ccccc1)c1nc2c(s1)CCCC2. The summed E-state index contributed by atoms with van der Waals surface area (Å²) in [6.07, 6.45) is 4.72. The van der Waals surface area contributed by atoms with Crippen molar-refractivity contribution in [1.82, 2.24) is 4.98 Å². The molecule has 1 aliphatic heterocycles. The van der Waals surface area contributed by atoms with Crippen LogP contribution in [0.3, 0.4) is 0 Å². The molecule has 5 nitrogen and oxygen atoms in total. The predicted octanol–water partition coefficient (Wildman–Crippen LogP) is 2.99. The average molecular weight is 391 g/mol. The zero-order valence-corrected chi connectivity index (χ0v) is 16.2. The fourth-order valence-corrected chi connectivity index (χ4v) is 6.56. The van der Waals surface area contributed by atoms with E-state index in [2.05, 4.69) is 0 Å². The van der Waals surface area contributed by atoms with Crippen LogP contribution in [0.1, 0.15) is 35.4 Å². The summed E-state index contributed by atoms with van der Waals surface area (Å²) in [6, 6.07) is 9.81. The highest BCUT2D eigenvalue weighted by atomic mass is 32.2. The second-order valence-corrected chi connectivity index (χ2v) is 10.4. The van der Waals surface area contributed by atoms with Gasteiger partial charge in [0.1, 0.15) is 0 Å². The molecule has 2 heterocycles. The Labute approximate surface area is 158 Å². The molecule has 2 aliphatic rings. The highest BCUT2D eigenvalue weighted by molar-refractivity contribution is 7.91. The summed E-state index contributed by atoms with van der Waals surface area (Å²) in [4.78, 5) is 20.9. The van der Waals surface area contributed by atoms with E-state index < -0.39 is 15.8 Å². The van der Waals surface area contributed by atoms with Crippen molar-refractivity contribution in [1.29, 1.82) is 0 Å². The van der Waals surface area contributed by atoms with Gasteiger partial charge in [0.2, 0.25) is 5.91 Å². The summed E-state index contributed by atoms with van der Waals surface area (Å²) < 4.78 is 23.7. The third-order valence-electron chi connectivity index (χ3n) is 5.10. The van der Waals surface area contributed by atoms with E-state index in [1.807, 2.05) is 30.3 Å². The highest BCUT2D eigenvalue weighted by Gasteiger charge is 2.37. The molecular formula is C19H22N2O3S2. The molecule has 1 saturated heterocycles. The van der Waals surface area contributed by atoms with Crippen molar-refractivity contribution < 1.29 is 13.2 Å². The molecule has 0 N–H and O–H groups in total. The van der Waals surface area contributed by atoms with Crippen LogP contribution < -0.4 is 4.90 Å². The van der Waals surface area contributed by atoms with Gasteiger partial charge in [-0.3, -0.25) is 9.69 Å². The fraction of sp³-hybridized carbons (Fsp3) is 0.474. The largest absolute Gasteiger partial charge is 0.283 e. The van der Waals surface area contributed by atoms with Gasteiger partial charge >= 0.3 is 0 Å². The maximum atomic E-state index is 13.2. The smallest absolute Gasteiger partial charge is 0.233 e. The van der Waals surface area contributed by atoms with Crippen molar-refractivity contribution in [3.63, 3.8) is 0 Å². The zero-order chi connectivity index (χ0) is 18.1.